The summed E-state index contributed by atoms with van der Waals surface area (Å²) in [5.41, 5.74) is 6.10. The molecule has 9 nitrogen and oxygen atoms in total. The lowest BCUT2D eigenvalue weighted by Crippen LogP contribution is -2.42. The Morgan fingerprint density at radius 1 is 1.15 bits per heavy atom. The molecular weight excluding hydrogens is 466 g/mol. The van der Waals surface area contributed by atoms with Gasteiger partial charge in [0.2, 0.25) is 10.0 Å². The van der Waals surface area contributed by atoms with E-state index >= 15 is 0 Å². The lowest BCUT2D eigenvalue weighted by atomic mass is 9.90. The fourth-order valence-corrected chi connectivity index (χ4v) is 6.70. The number of hydrogen-bond donors (Lipinski definition) is 2. The van der Waals surface area contributed by atoms with Crippen molar-refractivity contribution in [3.05, 3.63) is 45.1 Å². The number of morpholine rings is 1. The van der Waals surface area contributed by atoms with Gasteiger partial charge in [-0.2, -0.15) is 4.31 Å². The van der Waals surface area contributed by atoms with Crippen molar-refractivity contribution in [1.29, 1.82) is 0 Å². The number of nitrogens with one attached hydrogen (secondary N) is 2. The Labute approximate surface area is 197 Å². The van der Waals surface area contributed by atoms with E-state index in [0.29, 0.717) is 24.0 Å². The van der Waals surface area contributed by atoms with Crippen LogP contribution in [0.3, 0.4) is 0 Å². The Balaban J connectivity index is 1.47. The maximum absolute atomic E-state index is 13.1. The minimum absolute atomic E-state index is 0.0854. The van der Waals surface area contributed by atoms with Crippen molar-refractivity contribution in [2.24, 2.45) is 5.92 Å². The van der Waals surface area contributed by atoms with E-state index in [9.17, 15) is 18.0 Å². The second kappa shape index (κ2) is 9.80. The van der Waals surface area contributed by atoms with E-state index in [1.807, 2.05) is 6.07 Å². The number of methoxy groups -OCH3 is 1. The number of hydrazine groups is 1. The predicted molar refractivity (Wildman–Crippen MR) is 123 cm³/mol. The molecule has 1 atom stereocenters. The van der Waals surface area contributed by atoms with Crippen molar-refractivity contribution >= 4 is 33.2 Å². The van der Waals surface area contributed by atoms with Gasteiger partial charge in [0, 0.05) is 23.5 Å². The third kappa shape index (κ3) is 5.06. The molecular formula is C22H27N3O6S2. The van der Waals surface area contributed by atoms with Crippen molar-refractivity contribution in [2.45, 2.75) is 31.1 Å². The molecule has 1 aliphatic heterocycles. The van der Waals surface area contributed by atoms with E-state index < -0.39 is 21.8 Å². The van der Waals surface area contributed by atoms with Crippen LogP contribution >= 0.6 is 11.3 Å². The Morgan fingerprint density at radius 2 is 1.88 bits per heavy atom. The second-order valence-corrected chi connectivity index (χ2v) is 11.2. The molecule has 4 rings (SSSR count). The van der Waals surface area contributed by atoms with Crippen LogP contribution in [-0.2, 0) is 27.6 Å². The maximum Gasteiger partial charge on any atom is 0.279 e. The maximum atomic E-state index is 13.1. The Hall–Kier alpha value is -2.47. The highest BCUT2D eigenvalue weighted by molar-refractivity contribution is 7.89. The first-order valence-corrected chi connectivity index (χ1v) is 13.0. The monoisotopic (exact) mass is 493 g/mol. The Bertz CT molecular complexity index is 1150. The van der Waals surface area contributed by atoms with E-state index in [2.05, 4.69) is 17.8 Å². The Morgan fingerprint density at radius 3 is 2.61 bits per heavy atom. The van der Waals surface area contributed by atoms with Crippen molar-refractivity contribution in [2.75, 3.05) is 33.4 Å². The van der Waals surface area contributed by atoms with Gasteiger partial charge in [-0.05, 0) is 55.0 Å². The molecule has 178 valence electrons. The third-order valence-corrected chi connectivity index (χ3v) is 9.01. The van der Waals surface area contributed by atoms with Crippen LogP contribution in [0.25, 0.3) is 0 Å². The van der Waals surface area contributed by atoms with Gasteiger partial charge in [-0.15, -0.1) is 11.3 Å². The van der Waals surface area contributed by atoms with Crippen LogP contribution < -0.4 is 15.6 Å². The zero-order chi connectivity index (χ0) is 23.6. The molecule has 1 aromatic heterocycles. The first kappa shape index (κ1) is 23.7. The van der Waals surface area contributed by atoms with Crippen LogP contribution in [0.2, 0.25) is 0 Å². The minimum Gasteiger partial charge on any atom is -0.495 e. The van der Waals surface area contributed by atoms with Crippen LogP contribution in [0.4, 0.5) is 0 Å². The number of amides is 2. The molecule has 33 heavy (non-hydrogen) atoms. The summed E-state index contributed by atoms with van der Waals surface area (Å²) in [6.07, 6.45) is 3.03. The molecule has 0 radical (unpaired) electrons. The average Bonchev–Trinajstić information content (AvgIpc) is 3.25. The molecule has 2 amide bonds. The van der Waals surface area contributed by atoms with E-state index in [0.717, 1.165) is 19.3 Å². The number of fused-ring (bicyclic) bond motifs is 1. The molecule has 1 unspecified atom stereocenters. The molecule has 2 aliphatic rings. The molecule has 2 N–H and O–H groups in total. The minimum atomic E-state index is -3.88. The van der Waals surface area contributed by atoms with E-state index in [1.165, 1.54) is 51.4 Å². The van der Waals surface area contributed by atoms with E-state index in [1.54, 1.807) is 0 Å². The number of carbonyl (C=O) groups is 2. The van der Waals surface area contributed by atoms with Gasteiger partial charge < -0.3 is 9.47 Å². The number of aryl methyl sites for hydroxylation is 1. The highest BCUT2D eigenvalue weighted by atomic mass is 32.2. The summed E-state index contributed by atoms with van der Waals surface area (Å²) in [5.74, 6) is -0.286. The van der Waals surface area contributed by atoms with E-state index in [-0.39, 0.29) is 29.3 Å². The van der Waals surface area contributed by atoms with Crippen LogP contribution in [0, 0.1) is 5.92 Å². The average molecular weight is 494 g/mol. The quantitative estimate of drug-likeness (QED) is 0.616. The lowest BCUT2D eigenvalue weighted by Gasteiger charge is -2.26. The van der Waals surface area contributed by atoms with Crippen LogP contribution in [0.1, 0.15) is 43.8 Å². The normalized spacial score (nSPS) is 18.9. The van der Waals surface area contributed by atoms with Gasteiger partial charge in [0.05, 0.1) is 25.2 Å². The standard InChI is InChI=1S/C22H27N3O6S2/c1-14-3-6-18-16(11-14)12-19(32-18)22(27)24-23-21(26)15-4-5-17(30-2)20(13-15)33(28,29)25-7-9-31-10-8-25/h4-5,12-14H,3,6-11H2,1-2H3,(H,23,26)(H,24,27). The van der Waals surface area contributed by atoms with Gasteiger partial charge in [0.1, 0.15) is 10.6 Å². The summed E-state index contributed by atoms with van der Waals surface area (Å²) in [6.45, 7) is 3.25. The van der Waals surface area contributed by atoms with E-state index in [4.69, 9.17) is 9.47 Å². The first-order chi connectivity index (χ1) is 15.8. The summed E-state index contributed by atoms with van der Waals surface area (Å²) in [4.78, 5) is 26.9. The summed E-state index contributed by atoms with van der Waals surface area (Å²) in [7, 11) is -2.51. The molecule has 1 saturated heterocycles. The van der Waals surface area contributed by atoms with Crippen molar-refractivity contribution in [3.63, 3.8) is 0 Å². The second-order valence-electron chi connectivity index (χ2n) is 8.20. The fraction of sp³-hybridized carbons (Fsp3) is 0.455. The molecule has 0 bridgehead atoms. The summed E-state index contributed by atoms with van der Waals surface area (Å²) < 4.78 is 38.0. The number of sulfonamides is 1. The fourth-order valence-electron chi connectivity index (χ4n) is 4.01. The Kier molecular flexibility index (Phi) is 7.03. The predicted octanol–water partition coefficient (Wildman–Crippen LogP) is 1.98. The summed E-state index contributed by atoms with van der Waals surface area (Å²) >= 11 is 1.44. The number of ether oxygens (including phenoxy) is 2. The van der Waals surface area contributed by atoms with Gasteiger partial charge in [-0.1, -0.05) is 6.92 Å². The highest BCUT2D eigenvalue weighted by Gasteiger charge is 2.30. The smallest absolute Gasteiger partial charge is 0.279 e. The number of rotatable bonds is 5. The van der Waals surface area contributed by atoms with Crippen molar-refractivity contribution < 1.29 is 27.5 Å². The van der Waals surface area contributed by atoms with Crippen molar-refractivity contribution in [3.8, 4) is 5.75 Å². The number of benzene rings is 1. The molecule has 1 aliphatic carbocycles. The van der Waals surface area contributed by atoms with Gasteiger partial charge in [-0.3, -0.25) is 20.4 Å². The molecule has 1 aromatic carbocycles. The van der Waals surface area contributed by atoms with Gasteiger partial charge in [0.15, 0.2) is 0 Å². The van der Waals surface area contributed by atoms with Crippen LogP contribution in [0.15, 0.2) is 29.2 Å². The number of hydrogen-bond acceptors (Lipinski definition) is 7. The topological polar surface area (TPSA) is 114 Å². The molecule has 2 aromatic rings. The molecule has 11 heteroatoms. The number of thiophene rings is 1. The van der Waals surface area contributed by atoms with Gasteiger partial charge in [-0.25, -0.2) is 8.42 Å². The molecule has 0 saturated carbocycles. The SMILES string of the molecule is COc1ccc(C(=O)NNC(=O)c2cc3c(s2)CCC(C)C3)cc1S(=O)(=O)N1CCOCC1. The van der Waals surface area contributed by atoms with Gasteiger partial charge >= 0.3 is 0 Å². The largest absolute Gasteiger partial charge is 0.495 e. The molecule has 2 heterocycles. The van der Waals surface area contributed by atoms with Crippen molar-refractivity contribution in [1.82, 2.24) is 15.2 Å². The highest BCUT2D eigenvalue weighted by Crippen LogP contribution is 2.32. The summed E-state index contributed by atoms with van der Waals surface area (Å²) in [6, 6.07) is 6.02. The lowest BCUT2D eigenvalue weighted by molar-refractivity contribution is 0.0729. The third-order valence-electron chi connectivity index (χ3n) is 5.86. The van der Waals surface area contributed by atoms with Crippen LogP contribution in [0.5, 0.6) is 5.75 Å². The number of nitrogens with zero attached hydrogens (tertiary/aromatic N) is 1. The summed E-state index contributed by atoms with van der Waals surface area (Å²) in [5, 5.41) is 0. The van der Waals surface area contributed by atoms with Gasteiger partial charge in [0.25, 0.3) is 11.8 Å². The number of carbonyl (C=O) groups excluding carboxylic acids is 2. The molecule has 0 spiro atoms. The zero-order valence-electron chi connectivity index (χ0n) is 18.5. The molecule has 1 fully saturated rings. The zero-order valence-corrected chi connectivity index (χ0v) is 20.2. The first-order valence-electron chi connectivity index (χ1n) is 10.8. The van der Waals surface area contributed by atoms with Crippen LogP contribution in [-0.4, -0.2) is 58.0 Å².